The van der Waals surface area contributed by atoms with Crippen molar-refractivity contribution in [3.63, 3.8) is 0 Å². The van der Waals surface area contributed by atoms with Gasteiger partial charge in [0.05, 0.1) is 15.5 Å². The minimum absolute atomic E-state index is 0.0237. The molecule has 6 amide bonds. The third kappa shape index (κ3) is 18.3. The molecule has 0 saturated carbocycles. The van der Waals surface area contributed by atoms with Crippen molar-refractivity contribution in [2.24, 2.45) is 0 Å². The zero-order chi connectivity index (χ0) is 79.3. The maximum absolute atomic E-state index is 13.6. The summed E-state index contributed by atoms with van der Waals surface area (Å²) in [5.41, 5.74) is 2.49. The smallest absolute Gasteiger partial charge is 0.276 e. The second kappa shape index (κ2) is 38.7. The molecule has 6 aliphatic rings. The van der Waals surface area contributed by atoms with E-state index < -0.39 is 112 Å². The second-order valence-electron chi connectivity index (χ2n) is 23.1. The van der Waals surface area contributed by atoms with Crippen LogP contribution in [0.2, 0.25) is 5.02 Å². The molecule has 108 heavy (non-hydrogen) atoms. The number of nitrogens with zero attached hydrogens (tertiary/aromatic N) is 7. The quantitative estimate of drug-likeness (QED) is 0.0228. The van der Waals surface area contributed by atoms with Crippen LogP contribution in [0.4, 0.5) is 45.2 Å². The lowest BCUT2D eigenvalue weighted by molar-refractivity contribution is -0.384. The van der Waals surface area contributed by atoms with E-state index in [1.807, 2.05) is 24.5 Å². The van der Waals surface area contributed by atoms with Gasteiger partial charge in [-0.2, -0.15) is 0 Å². The lowest BCUT2D eigenvalue weighted by Gasteiger charge is -2.44. The largest absolute Gasteiger partial charge is 0.478 e. The number of halogens is 10. The summed E-state index contributed by atoms with van der Waals surface area (Å²) in [5, 5.41) is 10.8. The Hall–Kier alpha value is -7.88. The van der Waals surface area contributed by atoms with Gasteiger partial charge in [0.15, 0.2) is 42.2 Å². The Bertz CT molecular complexity index is 4210. The van der Waals surface area contributed by atoms with Crippen molar-refractivity contribution in [2.45, 2.75) is 72.9 Å². The van der Waals surface area contributed by atoms with Gasteiger partial charge in [-0.15, -0.1) is 0 Å². The zero-order valence-corrected chi connectivity index (χ0v) is 64.5. The number of amides is 6. The van der Waals surface area contributed by atoms with Gasteiger partial charge in [-0.05, 0) is 113 Å². The highest BCUT2D eigenvalue weighted by atomic mass is 35.5. The van der Waals surface area contributed by atoms with Gasteiger partial charge < -0.3 is 28.4 Å². The number of methoxy groups -OCH3 is 5. The summed E-state index contributed by atoms with van der Waals surface area (Å²) in [4.78, 5) is 80.4. The van der Waals surface area contributed by atoms with E-state index in [-0.39, 0.29) is 75.4 Å². The third-order valence-corrected chi connectivity index (χ3v) is 22.4. The van der Waals surface area contributed by atoms with E-state index in [4.69, 9.17) is 40.0 Å². The Morgan fingerprint density at radius 2 is 0.722 bits per heavy atom. The molecule has 6 fully saturated rings. The standard InChI is InChI=1S/C16H14N2O4S.C11H11ClFNO2S.4C11H11F2NO2S/c1-23-17-14(11-7-9-12(10-8-11)18(20)21)15(16(17)19)22-13-5-3-2-4-6-13;1-16-10-9(14(17-2)11(10)15)6-3-4-7(12)8(13)5-6;1-16-10-9(14(17-2)11(10)15)6-3-7(12)5-8(13)4-6;1-16-10-9(14(17-2)11(10)15)7-5-6(12)3-4-8(7)13;1-16-10-9(14(17-2)11(10)15)6-3-4-7(12)8(13)5-6;1-16-10-9(14(17-2)11(10)15)8-6(12)4-3-5-7(8)13/h2-10,14-15H,1H3;5*3-5,9-10H,1-2H3. The molecule has 12 atom stereocenters. The molecule has 578 valence electrons. The summed E-state index contributed by atoms with van der Waals surface area (Å²) in [7, 11) is 7.03. The third-order valence-electron chi connectivity index (χ3n) is 17.3. The van der Waals surface area contributed by atoms with Crippen molar-refractivity contribution >= 4 is 124 Å². The van der Waals surface area contributed by atoms with Crippen molar-refractivity contribution in [3.05, 3.63) is 246 Å². The first kappa shape index (κ1) is 85.7. The molecule has 12 unspecified atom stereocenters. The number of para-hydroxylation sites is 1. The second-order valence-corrected chi connectivity index (χ2v) is 28.0. The molecular weight excluding hydrogens is 1570 g/mol. The Morgan fingerprint density at radius 3 is 1.15 bits per heavy atom. The molecule has 0 aromatic heterocycles. The summed E-state index contributed by atoms with van der Waals surface area (Å²) in [6.07, 6.45) is 6.47. The minimum Gasteiger partial charge on any atom is -0.478 e. The number of nitro benzene ring substituents is 1. The molecule has 13 rings (SSSR count). The fourth-order valence-corrected chi connectivity index (χ4v) is 16.6. The topological polar surface area (TPSA) is 220 Å². The van der Waals surface area contributed by atoms with Crippen LogP contribution in [0.5, 0.6) is 5.75 Å². The lowest BCUT2D eigenvalue weighted by Crippen LogP contribution is -2.57. The number of β-lactam (4-membered cyclic amide) rings is 6. The van der Waals surface area contributed by atoms with Crippen LogP contribution in [-0.4, -0.2) is 176 Å². The summed E-state index contributed by atoms with van der Waals surface area (Å²) in [6.45, 7) is 0. The van der Waals surface area contributed by atoms with Gasteiger partial charge in [0.2, 0.25) is 6.10 Å². The summed E-state index contributed by atoms with van der Waals surface area (Å²) in [5.74, 6) is -6.44. The van der Waals surface area contributed by atoms with Crippen LogP contribution in [0.25, 0.3) is 0 Å². The first-order valence-corrected chi connectivity index (χ1v) is 39.2. The molecular formula is C71H69ClF9N7O14S6. The maximum Gasteiger partial charge on any atom is 0.276 e. The number of non-ortho nitro benzene ring substituents is 1. The van der Waals surface area contributed by atoms with E-state index >= 15 is 0 Å². The fraction of sp³-hybridized carbons (Fsp3) is 0.324. The first-order chi connectivity index (χ1) is 51.6. The predicted octanol–water partition coefficient (Wildman–Crippen LogP) is 14.4. The van der Waals surface area contributed by atoms with Crippen molar-refractivity contribution in [2.75, 3.05) is 73.1 Å². The zero-order valence-electron chi connectivity index (χ0n) is 58.9. The number of ether oxygens (including phenoxy) is 6. The van der Waals surface area contributed by atoms with Crippen LogP contribution in [-0.2, 0) is 52.5 Å². The molecule has 7 aromatic rings. The number of rotatable bonds is 20. The minimum atomic E-state index is -0.919. The average molecular weight is 1640 g/mol. The van der Waals surface area contributed by atoms with Gasteiger partial charge >= 0.3 is 0 Å². The van der Waals surface area contributed by atoms with Gasteiger partial charge in [0.1, 0.15) is 82.7 Å². The van der Waals surface area contributed by atoms with E-state index in [9.17, 15) is 78.4 Å². The molecule has 37 heteroatoms. The fourth-order valence-electron chi connectivity index (χ4n) is 12.0. The number of hydrogen-bond acceptors (Lipinski definition) is 20. The highest BCUT2D eigenvalue weighted by Crippen LogP contribution is 2.47. The summed E-state index contributed by atoms with van der Waals surface area (Å²) >= 11 is 13.0. The molecule has 0 aliphatic carbocycles. The maximum atomic E-state index is 13.6. The van der Waals surface area contributed by atoms with Crippen molar-refractivity contribution < 1.29 is 102 Å². The van der Waals surface area contributed by atoms with Gasteiger partial charge in [0.25, 0.3) is 41.1 Å². The summed E-state index contributed by atoms with van der Waals surface area (Å²) < 4.78 is 159. The lowest BCUT2D eigenvalue weighted by atomic mass is 9.93. The molecule has 0 radical (unpaired) electrons. The van der Waals surface area contributed by atoms with Crippen LogP contribution >= 0.6 is 83.3 Å². The number of benzene rings is 7. The average Bonchev–Trinajstić information content (AvgIpc) is 0.774. The Balaban J connectivity index is 0.000000164. The van der Waals surface area contributed by atoms with Crippen LogP contribution in [0.1, 0.15) is 69.6 Å². The molecule has 0 bridgehead atoms. The predicted molar refractivity (Wildman–Crippen MR) is 393 cm³/mol. The number of carbonyl (C=O) groups excluding carboxylic acids is 6. The van der Waals surface area contributed by atoms with Gasteiger partial charge in [-0.3, -0.25) is 64.7 Å². The normalized spacial score (nSPS) is 23.0. The van der Waals surface area contributed by atoms with Crippen molar-refractivity contribution in [1.29, 1.82) is 0 Å². The molecule has 0 spiro atoms. The van der Waals surface area contributed by atoms with E-state index in [0.29, 0.717) is 22.4 Å². The molecule has 21 nitrogen and oxygen atoms in total. The van der Waals surface area contributed by atoms with Crippen LogP contribution in [0.3, 0.4) is 0 Å². The van der Waals surface area contributed by atoms with Gasteiger partial charge in [0, 0.05) is 96.8 Å². The Morgan fingerprint density at radius 1 is 0.352 bits per heavy atom. The van der Waals surface area contributed by atoms with Crippen LogP contribution < -0.4 is 4.74 Å². The first-order valence-electron chi connectivity index (χ1n) is 31.7. The number of nitro groups is 1. The Kier molecular flexibility index (Phi) is 30.7. The van der Waals surface area contributed by atoms with Gasteiger partial charge in [-0.25, -0.2) is 39.5 Å². The van der Waals surface area contributed by atoms with Crippen LogP contribution in [0.15, 0.2) is 146 Å². The molecule has 7 aromatic carbocycles. The molecule has 6 saturated heterocycles. The Labute approximate surface area is 646 Å². The summed E-state index contributed by atoms with van der Waals surface area (Å²) in [6, 6.07) is 31.0. The highest BCUT2D eigenvalue weighted by Gasteiger charge is 2.55. The van der Waals surface area contributed by atoms with Crippen molar-refractivity contribution in [3.8, 4) is 5.75 Å². The van der Waals surface area contributed by atoms with E-state index in [2.05, 4.69) is 0 Å². The van der Waals surface area contributed by atoms with E-state index in [0.717, 1.165) is 53.9 Å². The molecule has 0 N–H and O–H groups in total. The monoisotopic (exact) mass is 1640 g/mol. The van der Waals surface area contributed by atoms with Gasteiger partial charge in [-0.1, -0.05) is 120 Å². The molecule has 6 heterocycles. The molecule has 6 aliphatic heterocycles. The van der Waals surface area contributed by atoms with Crippen LogP contribution in [0, 0.1) is 62.5 Å². The van der Waals surface area contributed by atoms with E-state index in [1.54, 1.807) is 70.2 Å². The highest BCUT2D eigenvalue weighted by molar-refractivity contribution is 7.98. The van der Waals surface area contributed by atoms with E-state index in [1.165, 1.54) is 173 Å². The van der Waals surface area contributed by atoms with Crippen molar-refractivity contribution in [1.82, 2.24) is 25.8 Å². The number of carbonyl (C=O) groups is 6. The SMILES string of the molecule is COC1C(=O)N(SC)C1c1c(F)cccc1F.COC1C(=O)N(SC)C1c1cc(F)cc(F)c1.COC1C(=O)N(SC)C1c1cc(F)ccc1F.COC1C(=O)N(SC)C1c1ccc(Cl)c(F)c1.COC1C(=O)N(SC)C1c1ccc(F)c(F)c1.CSN1C(=O)C(Oc2ccccc2)C1c1ccc([N+](=O)[O-])cc1. The number of hydrogen-bond donors (Lipinski definition) is 0.